The zero-order chi connectivity index (χ0) is 23.0. The molecule has 1 amide bonds. The number of amides is 1. The third-order valence-electron chi connectivity index (χ3n) is 4.62. The molecule has 1 aromatic heterocycles. The van der Waals surface area contributed by atoms with Gasteiger partial charge in [-0.25, -0.2) is 4.99 Å². The molecule has 0 radical (unpaired) electrons. The SMILES string of the molecule is Cc1cc(N=C2NC(=O)/C(=C/c3ccc(-c4ccc(Cl)cc4[N+](=O)[O-])o3)S2)cc(C)c1Br. The molecular weight excluding hydrogens is 518 g/mol. The van der Waals surface area contributed by atoms with Crippen molar-refractivity contribution in [2.75, 3.05) is 0 Å². The lowest BCUT2D eigenvalue weighted by Crippen LogP contribution is -2.19. The summed E-state index contributed by atoms with van der Waals surface area (Å²) in [7, 11) is 0. The minimum absolute atomic E-state index is 0.159. The standard InChI is InChI=1S/C22H15BrClN3O4S/c1-11-7-14(8-12(2)20(11)23)25-22-26-21(28)19(32-22)10-15-4-6-18(31-15)16-5-3-13(24)9-17(16)27(29)30/h3-10H,1-2H3,(H,25,26,28)/b19-10-. The van der Waals surface area contributed by atoms with E-state index >= 15 is 0 Å². The fraction of sp³-hybridized carbons (Fsp3) is 0.0909. The highest BCUT2D eigenvalue weighted by molar-refractivity contribution is 9.10. The van der Waals surface area contributed by atoms with Crippen molar-refractivity contribution in [3.8, 4) is 11.3 Å². The molecule has 0 saturated carbocycles. The topological polar surface area (TPSA) is 97.7 Å². The molecular formula is C22H15BrClN3O4S. The molecule has 4 rings (SSSR count). The Morgan fingerprint density at radius 1 is 1.19 bits per heavy atom. The number of aliphatic imine (C=N–C) groups is 1. The van der Waals surface area contributed by atoms with Crippen LogP contribution >= 0.6 is 39.3 Å². The number of aryl methyl sites for hydroxylation is 2. The average Bonchev–Trinajstić information content (AvgIpc) is 3.32. The van der Waals surface area contributed by atoms with Crippen molar-refractivity contribution < 1.29 is 14.1 Å². The van der Waals surface area contributed by atoms with Crippen molar-refractivity contribution >= 4 is 67.8 Å². The Morgan fingerprint density at radius 2 is 1.91 bits per heavy atom. The summed E-state index contributed by atoms with van der Waals surface area (Å²) in [5, 5.41) is 14.8. The van der Waals surface area contributed by atoms with Gasteiger partial charge in [-0.05, 0) is 73.1 Å². The minimum atomic E-state index is -0.517. The fourth-order valence-electron chi connectivity index (χ4n) is 3.15. The van der Waals surface area contributed by atoms with Gasteiger partial charge in [0.15, 0.2) is 5.17 Å². The number of benzene rings is 2. The predicted octanol–water partition coefficient (Wildman–Crippen LogP) is 6.78. The van der Waals surface area contributed by atoms with Crippen LogP contribution in [-0.4, -0.2) is 16.0 Å². The maximum atomic E-state index is 12.4. The number of nitro benzene ring substituents is 1. The lowest BCUT2D eigenvalue weighted by molar-refractivity contribution is -0.384. The van der Waals surface area contributed by atoms with Gasteiger partial charge in [-0.2, -0.15) is 0 Å². The van der Waals surface area contributed by atoms with E-state index in [4.69, 9.17) is 16.0 Å². The van der Waals surface area contributed by atoms with Gasteiger partial charge in [0.2, 0.25) is 0 Å². The third-order valence-corrected chi connectivity index (χ3v) is 7.02. The van der Waals surface area contributed by atoms with Gasteiger partial charge in [0.05, 0.1) is 21.1 Å². The summed E-state index contributed by atoms with van der Waals surface area (Å²) in [6, 6.07) is 11.5. The first kappa shape index (κ1) is 22.3. The van der Waals surface area contributed by atoms with E-state index in [1.165, 1.54) is 23.9 Å². The van der Waals surface area contributed by atoms with E-state index < -0.39 is 4.92 Å². The Balaban J connectivity index is 1.59. The van der Waals surface area contributed by atoms with Crippen molar-refractivity contribution in [1.82, 2.24) is 5.32 Å². The number of carbonyl (C=O) groups is 1. The molecule has 1 N–H and O–H groups in total. The number of rotatable bonds is 4. The Kier molecular flexibility index (Phi) is 6.23. The fourth-order valence-corrected chi connectivity index (χ4v) is 4.37. The van der Waals surface area contributed by atoms with Gasteiger partial charge in [0, 0.05) is 21.6 Å². The number of hydrogen-bond donors (Lipinski definition) is 1. The molecule has 2 heterocycles. The highest BCUT2D eigenvalue weighted by Crippen LogP contribution is 2.35. The molecule has 1 aliphatic heterocycles. The van der Waals surface area contributed by atoms with E-state index in [9.17, 15) is 14.9 Å². The summed E-state index contributed by atoms with van der Waals surface area (Å²) in [6.45, 7) is 3.96. The zero-order valence-corrected chi connectivity index (χ0v) is 20.0. The highest BCUT2D eigenvalue weighted by atomic mass is 79.9. The Bertz CT molecular complexity index is 1310. The first-order chi connectivity index (χ1) is 15.2. The summed E-state index contributed by atoms with van der Waals surface area (Å²) >= 11 is 10.6. The maximum absolute atomic E-state index is 12.4. The normalized spacial score (nSPS) is 16.1. The number of nitro groups is 1. The molecule has 0 atom stereocenters. The molecule has 2 aromatic carbocycles. The molecule has 1 saturated heterocycles. The van der Waals surface area contributed by atoms with Gasteiger partial charge in [-0.1, -0.05) is 27.5 Å². The molecule has 162 valence electrons. The number of amidine groups is 1. The Morgan fingerprint density at radius 3 is 2.59 bits per heavy atom. The van der Waals surface area contributed by atoms with E-state index in [-0.39, 0.29) is 16.6 Å². The van der Waals surface area contributed by atoms with Gasteiger partial charge < -0.3 is 9.73 Å². The number of carbonyl (C=O) groups excluding carboxylic acids is 1. The second kappa shape index (κ2) is 8.93. The van der Waals surface area contributed by atoms with Crippen LogP contribution in [0.4, 0.5) is 11.4 Å². The van der Waals surface area contributed by atoms with E-state index in [1.54, 1.807) is 24.3 Å². The van der Waals surface area contributed by atoms with Crippen molar-refractivity contribution in [3.05, 3.63) is 83.9 Å². The molecule has 0 bridgehead atoms. The first-order valence-corrected chi connectivity index (χ1v) is 11.3. The first-order valence-electron chi connectivity index (χ1n) is 9.32. The average molecular weight is 533 g/mol. The quantitative estimate of drug-likeness (QED) is 0.227. The zero-order valence-electron chi connectivity index (χ0n) is 16.8. The Hall–Kier alpha value is -2.88. The van der Waals surface area contributed by atoms with Crippen LogP contribution < -0.4 is 5.32 Å². The van der Waals surface area contributed by atoms with Crippen LogP contribution in [0.25, 0.3) is 17.4 Å². The number of hydrogen-bond acceptors (Lipinski definition) is 6. The maximum Gasteiger partial charge on any atom is 0.281 e. The van der Waals surface area contributed by atoms with Gasteiger partial charge >= 0.3 is 0 Å². The van der Waals surface area contributed by atoms with Crippen molar-refractivity contribution in [1.29, 1.82) is 0 Å². The lowest BCUT2D eigenvalue weighted by atomic mass is 10.1. The summed E-state index contributed by atoms with van der Waals surface area (Å²) in [5.41, 5.74) is 2.98. The van der Waals surface area contributed by atoms with Crippen LogP contribution in [0.3, 0.4) is 0 Å². The second-order valence-corrected chi connectivity index (χ2v) is 9.26. The highest BCUT2D eigenvalue weighted by Gasteiger charge is 2.25. The van der Waals surface area contributed by atoms with Crippen molar-refractivity contribution in [3.63, 3.8) is 0 Å². The van der Waals surface area contributed by atoms with Crippen LogP contribution in [0, 0.1) is 24.0 Å². The van der Waals surface area contributed by atoms with Crippen LogP contribution in [0.5, 0.6) is 0 Å². The van der Waals surface area contributed by atoms with E-state index in [0.29, 0.717) is 27.2 Å². The third kappa shape index (κ3) is 4.64. The number of nitrogens with zero attached hydrogens (tertiary/aromatic N) is 2. The lowest BCUT2D eigenvalue weighted by Gasteiger charge is -2.04. The smallest absolute Gasteiger partial charge is 0.281 e. The van der Waals surface area contributed by atoms with E-state index in [1.807, 2.05) is 26.0 Å². The second-order valence-electron chi connectivity index (χ2n) is 7.00. The number of nitrogens with one attached hydrogen (secondary N) is 1. The molecule has 10 heteroatoms. The summed E-state index contributed by atoms with van der Waals surface area (Å²) in [5.74, 6) is 0.395. The number of halogens is 2. The largest absolute Gasteiger partial charge is 0.456 e. The summed E-state index contributed by atoms with van der Waals surface area (Å²) < 4.78 is 6.77. The monoisotopic (exact) mass is 531 g/mol. The molecule has 1 fully saturated rings. The van der Waals surface area contributed by atoms with Crippen molar-refractivity contribution in [2.24, 2.45) is 4.99 Å². The molecule has 0 spiro atoms. The number of thioether (sulfide) groups is 1. The molecule has 32 heavy (non-hydrogen) atoms. The minimum Gasteiger partial charge on any atom is -0.456 e. The van der Waals surface area contributed by atoms with Gasteiger partial charge in [0.1, 0.15) is 11.5 Å². The molecule has 0 aliphatic carbocycles. The van der Waals surface area contributed by atoms with E-state index in [2.05, 4.69) is 26.2 Å². The van der Waals surface area contributed by atoms with Crippen LogP contribution in [0.2, 0.25) is 5.02 Å². The molecule has 3 aromatic rings. The molecule has 0 unspecified atom stereocenters. The summed E-state index contributed by atoms with van der Waals surface area (Å²) in [6.07, 6.45) is 1.58. The van der Waals surface area contributed by atoms with Crippen LogP contribution in [0.15, 0.2) is 61.3 Å². The van der Waals surface area contributed by atoms with Crippen molar-refractivity contribution in [2.45, 2.75) is 13.8 Å². The van der Waals surface area contributed by atoms with Gasteiger partial charge in [0.25, 0.3) is 11.6 Å². The number of furan rings is 1. The van der Waals surface area contributed by atoms with E-state index in [0.717, 1.165) is 21.3 Å². The summed E-state index contributed by atoms with van der Waals surface area (Å²) in [4.78, 5) is 28.1. The van der Waals surface area contributed by atoms with Gasteiger partial charge in [-0.15, -0.1) is 0 Å². The van der Waals surface area contributed by atoms with Crippen LogP contribution in [0.1, 0.15) is 16.9 Å². The predicted molar refractivity (Wildman–Crippen MR) is 130 cm³/mol. The van der Waals surface area contributed by atoms with Gasteiger partial charge in [-0.3, -0.25) is 14.9 Å². The Labute approximate surface area is 200 Å². The molecule has 1 aliphatic rings. The molecule has 7 nitrogen and oxygen atoms in total. The van der Waals surface area contributed by atoms with Crippen LogP contribution in [-0.2, 0) is 4.79 Å².